The molecule has 1 fully saturated rings. The molecule has 0 unspecified atom stereocenters. The molecule has 0 N–H and O–H groups in total. The minimum Gasteiger partial charge on any atom is -0.497 e. The van der Waals surface area contributed by atoms with Crippen LogP contribution in [0.2, 0.25) is 0 Å². The number of carbonyl (C=O) groups is 2. The summed E-state index contributed by atoms with van der Waals surface area (Å²) >= 11 is 0. The maximum Gasteiger partial charge on any atom is 0.343 e. The first-order valence-electron chi connectivity index (χ1n) is 15.1. The summed E-state index contributed by atoms with van der Waals surface area (Å²) in [5, 5.41) is 0. The van der Waals surface area contributed by atoms with Gasteiger partial charge in [-0.2, -0.15) is 0 Å². The molecule has 5 rings (SSSR count). The van der Waals surface area contributed by atoms with Gasteiger partial charge in [-0.25, -0.2) is 9.59 Å². The van der Waals surface area contributed by atoms with Crippen molar-refractivity contribution in [3.8, 4) is 23.0 Å². The van der Waals surface area contributed by atoms with E-state index >= 15 is 0 Å². The number of carbonyl (C=O) groups excluding carboxylic acids is 2. The number of benzene rings is 3. The summed E-state index contributed by atoms with van der Waals surface area (Å²) in [5.41, 5.74) is 3.27. The number of rotatable bonds is 8. The summed E-state index contributed by atoms with van der Waals surface area (Å²) in [6, 6.07) is 19.0. The zero-order valence-corrected chi connectivity index (χ0v) is 26.1. The lowest BCUT2D eigenvalue weighted by atomic mass is 9.47. The van der Waals surface area contributed by atoms with E-state index in [9.17, 15) is 9.59 Å². The molecule has 43 heavy (non-hydrogen) atoms. The Morgan fingerprint density at radius 2 is 1.35 bits per heavy atom. The van der Waals surface area contributed by atoms with Gasteiger partial charge in [0.2, 0.25) is 0 Å². The Balaban J connectivity index is 1.48. The fourth-order valence-electron chi connectivity index (χ4n) is 7.26. The number of esters is 2. The maximum atomic E-state index is 13.3. The van der Waals surface area contributed by atoms with Crippen molar-refractivity contribution in [3.63, 3.8) is 0 Å². The van der Waals surface area contributed by atoms with Crippen molar-refractivity contribution >= 4 is 11.9 Å². The van der Waals surface area contributed by atoms with E-state index in [0.29, 0.717) is 52.4 Å². The predicted octanol–water partition coefficient (Wildman–Crippen LogP) is 8.48. The lowest BCUT2D eigenvalue weighted by molar-refractivity contribution is -0.0412. The molecule has 2 aliphatic rings. The number of hydrogen-bond donors (Lipinski definition) is 0. The molecule has 6 nitrogen and oxygen atoms in total. The Bertz CT molecular complexity index is 1510. The van der Waals surface area contributed by atoms with Gasteiger partial charge >= 0.3 is 11.9 Å². The van der Waals surface area contributed by atoms with E-state index in [0.717, 1.165) is 24.8 Å². The summed E-state index contributed by atoms with van der Waals surface area (Å²) in [6.07, 6.45) is 7.61. The van der Waals surface area contributed by atoms with E-state index in [2.05, 4.69) is 33.8 Å². The molecule has 2 aliphatic carbocycles. The molecular weight excluding hydrogens is 540 g/mol. The van der Waals surface area contributed by atoms with Crippen LogP contribution in [0.3, 0.4) is 0 Å². The van der Waals surface area contributed by atoms with Crippen LogP contribution in [-0.4, -0.2) is 26.2 Å². The van der Waals surface area contributed by atoms with Gasteiger partial charge in [-0.15, -0.1) is 0 Å². The van der Waals surface area contributed by atoms with E-state index in [1.807, 2.05) is 6.07 Å². The fraction of sp³-hybridized carbons (Fsp3) is 0.405. The molecule has 1 saturated carbocycles. The van der Waals surface area contributed by atoms with Crippen LogP contribution in [0.25, 0.3) is 0 Å². The van der Waals surface area contributed by atoms with Crippen molar-refractivity contribution in [2.24, 2.45) is 22.7 Å². The standard InChI is InChI=1S/C37H42O6/c1-24-8-7-9-33-36(24,3)21-20-25(2)37(33,4)23-28-22-31(42-34(38)26-10-14-29(40-5)15-11-26)18-19-32(28)43-35(39)27-12-16-30(41-6)17-13-27/h8,10-19,22,25,33H,7,9,20-21,23H2,1-6H3/t25-,33+,36+,37+/m0/s1. The molecule has 4 atom stereocenters. The summed E-state index contributed by atoms with van der Waals surface area (Å²) in [6.45, 7) is 9.45. The molecule has 0 saturated heterocycles. The van der Waals surface area contributed by atoms with Crippen LogP contribution in [0.5, 0.6) is 23.0 Å². The molecule has 0 aliphatic heterocycles. The number of methoxy groups -OCH3 is 2. The predicted molar refractivity (Wildman–Crippen MR) is 167 cm³/mol. The van der Waals surface area contributed by atoms with Gasteiger partial charge in [0.05, 0.1) is 25.3 Å². The first kappa shape index (κ1) is 30.4. The molecular formula is C37H42O6. The number of fused-ring (bicyclic) bond motifs is 1. The fourth-order valence-corrected chi connectivity index (χ4v) is 7.26. The second-order valence-corrected chi connectivity index (χ2v) is 12.6. The summed E-state index contributed by atoms with van der Waals surface area (Å²) in [4.78, 5) is 26.3. The molecule has 0 amide bonds. The highest BCUT2D eigenvalue weighted by Gasteiger charge is 2.53. The Labute approximate surface area is 255 Å². The monoisotopic (exact) mass is 582 g/mol. The highest BCUT2D eigenvalue weighted by molar-refractivity contribution is 5.92. The van der Waals surface area contributed by atoms with Crippen LogP contribution in [0.15, 0.2) is 78.4 Å². The van der Waals surface area contributed by atoms with Crippen LogP contribution < -0.4 is 18.9 Å². The normalized spacial score (nSPS) is 24.7. The van der Waals surface area contributed by atoms with Crippen molar-refractivity contribution < 1.29 is 28.5 Å². The van der Waals surface area contributed by atoms with Gasteiger partial charge in [-0.3, -0.25) is 0 Å². The minimum atomic E-state index is -0.463. The third-order valence-corrected chi connectivity index (χ3v) is 10.3. The van der Waals surface area contributed by atoms with Gasteiger partial charge in [0, 0.05) is 0 Å². The molecule has 0 aromatic heterocycles. The molecule has 0 bridgehead atoms. The molecule has 0 radical (unpaired) electrons. The van der Waals surface area contributed by atoms with E-state index < -0.39 is 11.9 Å². The van der Waals surface area contributed by atoms with E-state index in [1.54, 1.807) is 74.9 Å². The lowest BCUT2D eigenvalue weighted by Gasteiger charge is -2.58. The lowest BCUT2D eigenvalue weighted by Crippen LogP contribution is -2.50. The summed E-state index contributed by atoms with van der Waals surface area (Å²) in [5.74, 6) is 2.25. The molecule has 3 aromatic rings. The zero-order chi connectivity index (χ0) is 30.8. The number of hydrogen-bond acceptors (Lipinski definition) is 6. The average Bonchev–Trinajstić information content (AvgIpc) is 3.01. The van der Waals surface area contributed by atoms with Crippen LogP contribution in [0.4, 0.5) is 0 Å². The Morgan fingerprint density at radius 1 is 0.791 bits per heavy atom. The Hall–Kier alpha value is -4.06. The number of ether oxygens (including phenoxy) is 4. The van der Waals surface area contributed by atoms with Crippen molar-refractivity contribution in [2.45, 2.75) is 59.8 Å². The van der Waals surface area contributed by atoms with E-state index in [4.69, 9.17) is 18.9 Å². The maximum absolute atomic E-state index is 13.3. The van der Waals surface area contributed by atoms with Crippen molar-refractivity contribution in [1.29, 1.82) is 0 Å². The topological polar surface area (TPSA) is 71.1 Å². The second kappa shape index (κ2) is 12.3. The van der Waals surface area contributed by atoms with Gasteiger partial charge < -0.3 is 18.9 Å². The molecule has 6 heteroatoms. The summed E-state index contributed by atoms with van der Waals surface area (Å²) in [7, 11) is 3.17. The van der Waals surface area contributed by atoms with E-state index in [1.165, 1.54) is 12.0 Å². The second-order valence-electron chi connectivity index (χ2n) is 12.6. The first-order valence-corrected chi connectivity index (χ1v) is 15.1. The highest BCUT2D eigenvalue weighted by atomic mass is 16.5. The molecule has 0 spiro atoms. The van der Waals surface area contributed by atoms with Crippen molar-refractivity contribution in [1.82, 2.24) is 0 Å². The van der Waals surface area contributed by atoms with Crippen molar-refractivity contribution in [3.05, 3.63) is 95.1 Å². The van der Waals surface area contributed by atoms with Gasteiger partial charge in [0.1, 0.15) is 23.0 Å². The van der Waals surface area contributed by atoms with Crippen LogP contribution in [0, 0.1) is 22.7 Å². The Kier molecular flexibility index (Phi) is 8.68. The van der Waals surface area contributed by atoms with Gasteiger partial charge in [0.15, 0.2) is 0 Å². The van der Waals surface area contributed by atoms with Gasteiger partial charge in [-0.1, -0.05) is 32.4 Å². The van der Waals surface area contributed by atoms with Crippen LogP contribution in [-0.2, 0) is 6.42 Å². The SMILES string of the molecule is COc1ccc(C(=O)Oc2ccc(OC(=O)c3ccc(OC)cc3)c(C[C@]3(C)[C@@H](C)CC[C@]4(C)C(C)=CCC[C@@H]34)c2)cc1. The first-order chi connectivity index (χ1) is 20.6. The number of allylic oxidation sites excluding steroid dienone is 2. The minimum absolute atomic E-state index is 0.0532. The Morgan fingerprint density at radius 3 is 1.93 bits per heavy atom. The average molecular weight is 583 g/mol. The molecule has 3 aromatic carbocycles. The van der Waals surface area contributed by atoms with Gasteiger partial charge in [-0.05, 0) is 134 Å². The van der Waals surface area contributed by atoms with Crippen LogP contribution in [0.1, 0.15) is 79.7 Å². The zero-order valence-electron chi connectivity index (χ0n) is 26.1. The third-order valence-electron chi connectivity index (χ3n) is 10.3. The molecule has 226 valence electrons. The van der Waals surface area contributed by atoms with Crippen molar-refractivity contribution in [2.75, 3.05) is 14.2 Å². The molecule has 0 heterocycles. The third kappa shape index (κ3) is 6.06. The van der Waals surface area contributed by atoms with Crippen LogP contribution >= 0.6 is 0 Å². The highest BCUT2D eigenvalue weighted by Crippen LogP contribution is 2.61. The smallest absolute Gasteiger partial charge is 0.343 e. The largest absolute Gasteiger partial charge is 0.497 e. The summed E-state index contributed by atoms with van der Waals surface area (Å²) < 4.78 is 22.3. The quantitative estimate of drug-likeness (QED) is 0.151. The van der Waals surface area contributed by atoms with Gasteiger partial charge in [0.25, 0.3) is 0 Å². The van der Waals surface area contributed by atoms with E-state index in [-0.39, 0.29) is 10.8 Å².